The summed E-state index contributed by atoms with van der Waals surface area (Å²) in [6.07, 6.45) is 1.52. The highest BCUT2D eigenvalue weighted by Gasteiger charge is 2.13. The van der Waals surface area contributed by atoms with Crippen LogP contribution in [0.5, 0.6) is 0 Å². The largest absolute Gasteiger partial charge is 0.320 e. The van der Waals surface area contributed by atoms with Crippen LogP contribution in [0.4, 0.5) is 5.69 Å². The van der Waals surface area contributed by atoms with E-state index < -0.39 is 11.3 Å². The maximum atomic E-state index is 12.3. The van der Waals surface area contributed by atoms with Crippen LogP contribution in [0.15, 0.2) is 71.7 Å². The lowest BCUT2D eigenvalue weighted by Gasteiger charge is -2.08. The Bertz CT molecular complexity index is 890. The molecule has 0 atom stereocenters. The van der Waals surface area contributed by atoms with Crippen molar-refractivity contribution in [3.8, 4) is 5.69 Å². The first-order valence-corrected chi connectivity index (χ1v) is 7.23. The summed E-state index contributed by atoms with van der Waals surface area (Å²) in [5.41, 5.74) is 0.679. The highest BCUT2D eigenvalue weighted by molar-refractivity contribution is 6.30. The van der Waals surface area contributed by atoms with Crippen LogP contribution in [-0.2, 0) is 0 Å². The van der Waals surface area contributed by atoms with Crippen molar-refractivity contribution in [2.24, 2.45) is 0 Å². The molecule has 2 aromatic carbocycles. The third kappa shape index (κ3) is 3.46. The molecule has 0 aliphatic heterocycles. The molecule has 0 radical (unpaired) electrons. The van der Waals surface area contributed by atoms with E-state index in [9.17, 15) is 9.59 Å². The molecule has 1 N–H and O–H groups in total. The Morgan fingerprint density at radius 1 is 1.00 bits per heavy atom. The monoisotopic (exact) mass is 325 g/mol. The SMILES string of the molecule is O=C(Nc1ccc(Cl)cc1)c1nn(-c2ccccc2)ccc1=O. The van der Waals surface area contributed by atoms with Crippen molar-refractivity contribution in [3.05, 3.63) is 87.8 Å². The average molecular weight is 326 g/mol. The molecule has 1 aromatic heterocycles. The first-order valence-electron chi connectivity index (χ1n) is 6.86. The second-order valence-electron chi connectivity index (χ2n) is 4.77. The lowest BCUT2D eigenvalue weighted by atomic mass is 10.3. The highest BCUT2D eigenvalue weighted by Crippen LogP contribution is 2.13. The lowest BCUT2D eigenvalue weighted by molar-refractivity contribution is 0.101. The summed E-state index contributed by atoms with van der Waals surface area (Å²) >= 11 is 5.80. The van der Waals surface area contributed by atoms with Gasteiger partial charge in [-0.3, -0.25) is 9.59 Å². The van der Waals surface area contributed by atoms with E-state index in [0.717, 1.165) is 5.69 Å². The average Bonchev–Trinajstić information content (AvgIpc) is 2.58. The summed E-state index contributed by atoms with van der Waals surface area (Å²) in [6, 6.07) is 17.2. The zero-order valence-corrected chi connectivity index (χ0v) is 12.7. The fourth-order valence-electron chi connectivity index (χ4n) is 2.01. The molecule has 23 heavy (non-hydrogen) atoms. The van der Waals surface area contributed by atoms with Gasteiger partial charge in [0.05, 0.1) is 5.69 Å². The number of halogens is 1. The summed E-state index contributed by atoms with van der Waals surface area (Å²) in [6.45, 7) is 0. The Morgan fingerprint density at radius 3 is 2.39 bits per heavy atom. The number of carbonyl (C=O) groups is 1. The number of benzene rings is 2. The minimum Gasteiger partial charge on any atom is -0.320 e. The Hall–Kier alpha value is -2.92. The van der Waals surface area contributed by atoms with Gasteiger partial charge in [0.2, 0.25) is 5.43 Å². The van der Waals surface area contributed by atoms with Crippen molar-refractivity contribution in [1.82, 2.24) is 9.78 Å². The standard InChI is InChI=1S/C17H12ClN3O2/c18-12-6-8-13(9-7-12)19-17(23)16-15(22)10-11-21(20-16)14-4-2-1-3-5-14/h1-11H,(H,19,23). The number of nitrogens with zero attached hydrogens (tertiary/aromatic N) is 2. The third-order valence-corrected chi connectivity index (χ3v) is 3.40. The molecule has 0 spiro atoms. The van der Waals surface area contributed by atoms with Crippen molar-refractivity contribution in [1.29, 1.82) is 0 Å². The van der Waals surface area contributed by atoms with Crippen LogP contribution in [-0.4, -0.2) is 15.7 Å². The predicted octanol–water partition coefficient (Wildman–Crippen LogP) is 3.14. The van der Waals surface area contributed by atoms with Gasteiger partial charge in [-0.25, -0.2) is 4.68 Å². The number of aromatic nitrogens is 2. The van der Waals surface area contributed by atoms with Gasteiger partial charge >= 0.3 is 0 Å². The van der Waals surface area contributed by atoms with Crippen molar-refractivity contribution >= 4 is 23.2 Å². The third-order valence-electron chi connectivity index (χ3n) is 3.15. The molecule has 0 aliphatic rings. The number of hydrogen-bond donors (Lipinski definition) is 1. The molecule has 0 fully saturated rings. The van der Waals surface area contributed by atoms with E-state index in [1.807, 2.05) is 30.3 Å². The Kier molecular flexibility index (Phi) is 4.21. The molecule has 0 aliphatic carbocycles. The molecule has 3 aromatic rings. The van der Waals surface area contributed by atoms with E-state index in [-0.39, 0.29) is 5.69 Å². The molecule has 0 bridgehead atoms. The van der Waals surface area contributed by atoms with Crippen LogP contribution in [0, 0.1) is 0 Å². The van der Waals surface area contributed by atoms with Crippen molar-refractivity contribution in [3.63, 3.8) is 0 Å². The molecule has 1 amide bonds. The molecular weight excluding hydrogens is 314 g/mol. The normalized spacial score (nSPS) is 10.3. The Labute approximate surface area is 137 Å². The number of para-hydroxylation sites is 1. The summed E-state index contributed by atoms with van der Waals surface area (Å²) in [4.78, 5) is 24.2. The topological polar surface area (TPSA) is 64.0 Å². The van der Waals surface area contributed by atoms with E-state index in [2.05, 4.69) is 10.4 Å². The maximum absolute atomic E-state index is 12.3. The van der Waals surface area contributed by atoms with Crippen LogP contribution < -0.4 is 10.7 Å². The number of carbonyl (C=O) groups excluding carboxylic acids is 1. The smallest absolute Gasteiger partial charge is 0.280 e. The maximum Gasteiger partial charge on any atom is 0.280 e. The van der Waals surface area contributed by atoms with Crippen LogP contribution in [0.3, 0.4) is 0 Å². The molecule has 0 saturated heterocycles. The number of amides is 1. The second-order valence-corrected chi connectivity index (χ2v) is 5.21. The summed E-state index contributed by atoms with van der Waals surface area (Å²) in [5, 5.41) is 7.32. The molecule has 114 valence electrons. The number of rotatable bonds is 3. The molecule has 0 unspecified atom stereocenters. The first-order chi connectivity index (χ1) is 11.1. The van der Waals surface area contributed by atoms with Crippen LogP contribution in [0.2, 0.25) is 5.02 Å². The van der Waals surface area contributed by atoms with Gasteiger partial charge < -0.3 is 5.32 Å². The van der Waals surface area contributed by atoms with Crippen molar-refractivity contribution < 1.29 is 4.79 Å². The van der Waals surface area contributed by atoms with Gasteiger partial charge in [-0.2, -0.15) is 5.10 Å². The van der Waals surface area contributed by atoms with E-state index in [1.165, 1.54) is 16.9 Å². The lowest BCUT2D eigenvalue weighted by Crippen LogP contribution is -2.25. The van der Waals surface area contributed by atoms with Gasteiger partial charge in [-0.05, 0) is 36.4 Å². The fourth-order valence-corrected chi connectivity index (χ4v) is 2.14. The van der Waals surface area contributed by atoms with Crippen molar-refractivity contribution in [2.45, 2.75) is 0 Å². The van der Waals surface area contributed by atoms with Crippen molar-refractivity contribution in [2.75, 3.05) is 5.32 Å². The summed E-state index contributed by atoms with van der Waals surface area (Å²) in [5.74, 6) is -0.567. The highest BCUT2D eigenvalue weighted by atomic mass is 35.5. The van der Waals surface area contributed by atoms with Crippen LogP contribution >= 0.6 is 11.6 Å². The zero-order chi connectivity index (χ0) is 16.2. The Morgan fingerprint density at radius 2 is 1.70 bits per heavy atom. The predicted molar refractivity (Wildman–Crippen MR) is 89.2 cm³/mol. The minimum atomic E-state index is -0.567. The van der Waals surface area contributed by atoms with Gasteiger partial charge in [0.25, 0.3) is 5.91 Å². The molecule has 5 nitrogen and oxygen atoms in total. The van der Waals surface area contributed by atoms with Gasteiger partial charge in [0.15, 0.2) is 5.69 Å². The number of anilines is 1. The summed E-state index contributed by atoms with van der Waals surface area (Å²) in [7, 11) is 0. The number of hydrogen-bond acceptors (Lipinski definition) is 3. The molecule has 1 heterocycles. The minimum absolute atomic E-state index is 0.175. The molecule has 3 rings (SSSR count). The van der Waals surface area contributed by atoms with Crippen LogP contribution in [0.25, 0.3) is 5.69 Å². The first kappa shape index (κ1) is 15.0. The van der Waals surface area contributed by atoms with Crippen LogP contribution in [0.1, 0.15) is 10.5 Å². The quantitative estimate of drug-likeness (QED) is 0.804. The van der Waals surface area contributed by atoms with E-state index >= 15 is 0 Å². The zero-order valence-electron chi connectivity index (χ0n) is 11.9. The van der Waals surface area contributed by atoms with E-state index in [1.54, 1.807) is 24.3 Å². The van der Waals surface area contributed by atoms with E-state index in [4.69, 9.17) is 11.6 Å². The fraction of sp³-hybridized carbons (Fsp3) is 0. The molecule has 6 heteroatoms. The Balaban J connectivity index is 1.91. The molecule has 0 saturated carbocycles. The van der Waals surface area contributed by atoms with Gasteiger partial charge in [-0.1, -0.05) is 29.8 Å². The molecular formula is C17H12ClN3O2. The summed E-state index contributed by atoms with van der Waals surface area (Å²) < 4.78 is 1.48. The van der Waals surface area contributed by atoms with Gasteiger partial charge in [0, 0.05) is 23.0 Å². The second kappa shape index (κ2) is 6.46. The number of nitrogens with one attached hydrogen (secondary N) is 1. The van der Waals surface area contributed by atoms with E-state index in [0.29, 0.717) is 10.7 Å². The van der Waals surface area contributed by atoms with Gasteiger partial charge in [-0.15, -0.1) is 0 Å². The van der Waals surface area contributed by atoms with Gasteiger partial charge in [0.1, 0.15) is 0 Å².